The molecule has 0 unspecified atom stereocenters. The van der Waals surface area contributed by atoms with Crippen LogP contribution in [0.25, 0.3) is 0 Å². The van der Waals surface area contributed by atoms with Gasteiger partial charge in [-0.25, -0.2) is 4.68 Å². The molecule has 0 saturated carbocycles. The summed E-state index contributed by atoms with van der Waals surface area (Å²) in [6, 6.07) is 2.68. The van der Waals surface area contributed by atoms with Crippen molar-refractivity contribution in [3.8, 4) is 0 Å². The van der Waals surface area contributed by atoms with Crippen molar-refractivity contribution in [1.29, 1.82) is 0 Å². The van der Waals surface area contributed by atoms with Gasteiger partial charge in [-0.15, -0.1) is 0 Å². The van der Waals surface area contributed by atoms with E-state index in [2.05, 4.69) is 5.10 Å². The Bertz CT molecular complexity index is 397. The van der Waals surface area contributed by atoms with Gasteiger partial charge in [0, 0.05) is 20.2 Å². The first-order valence-electron chi connectivity index (χ1n) is 4.04. The predicted molar refractivity (Wildman–Crippen MR) is 51.6 cm³/mol. The van der Waals surface area contributed by atoms with Crippen molar-refractivity contribution < 1.29 is 4.79 Å². The van der Waals surface area contributed by atoms with E-state index >= 15 is 0 Å². The Morgan fingerprint density at radius 3 is 2.79 bits per heavy atom. The molecule has 0 aromatic carbocycles. The number of amides is 1. The number of likely N-dealkylation sites (N-methyl/N-ethyl adjacent to an activating group) is 1. The van der Waals surface area contributed by atoms with Crippen molar-refractivity contribution in [2.75, 3.05) is 19.8 Å². The lowest BCUT2D eigenvalue weighted by Gasteiger charge is -2.10. The van der Waals surface area contributed by atoms with Crippen molar-refractivity contribution in [3.63, 3.8) is 0 Å². The minimum atomic E-state index is -0.339. The molecule has 0 saturated heterocycles. The number of nitrogen functional groups attached to an aromatic ring is 1. The summed E-state index contributed by atoms with van der Waals surface area (Å²) in [6.45, 7) is -0.0864. The minimum absolute atomic E-state index is 0.0864. The third-order valence-electron chi connectivity index (χ3n) is 1.67. The van der Waals surface area contributed by atoms with Crippen molar-refractivity contribution in [3.05, 3.63) is 22.5 Å². The van der Waals surface area contributed by atoms with E-state index in [1.807, 2.05) is 0 Å². The molecule has 14 heavy (non-hydrogen) atoms. The fourth-order valence-electron chi connectivity index (χ4n) is 0.848. The van der Waals surface area contributed by atoms with Crippen LogP contribution in [0.3, 0.4) is 0 Å². The first-order chi connectivity index (χ1) is 6.50. The highest BCUT2D eigenvalue weighted by molar-refractivity contribution is 5.75. The fourth-order valence-corrected chi connectivity index (χ4v) is 0.848. The Morgan fingerprint density at radius 1 is 1.57 bits per heavy atom. The topological polar surface area (TPSA) is 81.2 Å². The summed E-state index contributed by atoms with van der Waals surface area (Å²) in [5.74, 6) is 0.0151. The van der Waals surface area contributed by atoms with Crippen LogP contribution >= 0.6 is 0 Å². The summed E-state index contributed by atoms with van der Waals surface area (Å²) in [5.41, 5.74) is 5.05. The summed E-state index contributed by atoms with van der Waals surface area (Å²) in [7, 11) is 3.22. The zero-order chi connectivity index (χ0) is 10.7. The number of hydrogen-bond donors (Lipinski definition) is 1. The molecule has 1 rings (SSSR count). The van der Waals surface area contributed by atoms with E-state index in [0.717, 1.165) is 4.68 Å². The SMILES string of the molecule is CN(C)C(=O)Cn1nc(N)ccc1=O. The molecule has 6 heteroatoms. The molecule has 0 aliphatic rings. The van der Waals surface area contributed by atoms with Gasteiger partial charge in [-0.3, -0.25) is 9.59 Å². The standard InChI is InChI=1S/C8H12N4O2/c1-11(2)8(14)5-12-7(13)4-3-6(9)10-12/h3-4H,5H2,1-2H3,(H2,9,10). The van der Waals surface area contributed by atoms with Gasteiger partial charge in [0.25, 0.3) is 5.56 Å². The molecule has 76 valence electrons. The molecule has 2 N–H and O–H groups in total. The van der Waals surface area contributed by atoms with Crippen LogP contribution in [0.2, 0.25) is 0 Å². The van der Waals surface area contributed by atoms with Crippen LogP contribution in [0.5, 0.6) is 0 Å². The monoisotopic (exact) mass is 196 g/mol. The minimum Gasteiger partial charge on any atom is -0.382 e. The van der Waals surface area contributed by atoms with Crippen LogP contribution in [-0.4, -0.2) is 34.7 Å². The fraction of sp³-hybridized carbons (Fsp3) is 0.375. The maximum atomic E-state index is 11.3. The normalized spacial score (nSPS) is 9.86. The summed E-state index contributed by atoms with van der Waals surface area (Å²) in [5, 5.41) is 3.73. The third kappa shape index (κ3) is 2.32. The Kier molecular flexibility index (Phi) is 2.85. The highest BCUT2D eigenvalue weighted by Gasteiger charge is 2.07. The molecule has 1 heterocycles. The van der Waals surface area contributed by atoms with Gasteiger partial charge in [0.15, 0.2) is 0 Å². The van der Waals surface area contributed by atoms with Gasteiger partial charge in [-0.1, -0.05) is 0 Å². The van der Waals surface area contributed by atoms with E-state index < -0.39 is 0 Å². The van der Waals surface area contributed by atoms with Crippen LogP contribution in [0.4, 0.5) is 5.82 Å². The van der Waals surface area contributed by atoms with E-state index in [-0.39, 0.29) is 23.8 Å². The van der Waals surface area contributed by atoms with Gasteiger partial charge in [0.1, 0.15) is 12.4 Å². The summed E-state index contributed by atoms with van der Waals surface area (Å²) in [4.78, 5) is 23.9. The second-order valence-corrected chi connectivity index (χ2v) is 3.04. The molecule has 0 aliphatic heterocycles. The number of carbonyl (C=O) groups excluding carboxylic acids is 1. The van der Waals surface area contributed by atoms with Crippen molar-refractivity contribution in [2.45, 2.75) is 6.54 Å². The van der Waals surface area contributed by atoms with E-state index in [1.54, 1.807) is 14.1 Å². The lowest BCUT2D eigenvalue weighted by atomic mass is 10.5. The van der Waals surface area contributed by atoms with Gasteiger partial charge in [-0.2, -0.15) is 5.10 Å². The smallest absolute Gasteiger partial charge is 0.267 e. The number of anilines is 1. The van der Waals surface area contributed by atoms with Crippen molar-refractivity contribution >= 4 is 11.7 Å². The van der Waals surface area contributed by atoms with Crippen LogP contribution in [-0.2, 0) is 11.3 Å². The molecule has 0 bridgehead atoms. The quantitative estimate of drug-likeness (QED) is 0.652. The third-order valence-corrected chi connectivity index (χ3v) is 1.67. The number of nitrogens with zero attached hydrogens (tertiary/aromatic N) is 3. The number of rotatable bonds is 2. The lowest BCUT2D eigenvalue weighted by molar-refractivity contribution is -0.129. The zero-order valence-electron chi connectivity index (χ0n) is 8.10. The molecule has 0 spiro atoms. The Morgan fingerprint density at radius 2 is 2.21 bits per heavy atom. The zero-order valence-corrected chi connectivity index (χ0v) is 8.10. The average Bonchev–Trinajstić information content (AvgIpc) is 2.11. The van der Waals surface area contributed by atoms with E-state index in [1.165, 1.54) is 17.0 Å². The molecule has 1 amide bonds. The Hall–Kier alpha value is -1.85. The second-order valence-electron chi connectivity index (χ2n) is 3.04. The van der Waals surface area contributed by atoms with E-state index in [0.29, 0.717) is 0 Å². The molecular formula is C8H12N4O2. The first kappa shape index (κ1) is 10.2. The average molecular weight is 196 g/mol. The number of hydrogen-bond acceptors (Lipinski definition) is 4. The molecule has 1 aromatic rings. The molecule has 0 aliphatic carbocycles. The molecule has 0 radical (unpaired) electrons. The van der Waals surface area contributed by atoms with E-state index in [4.69, 9.17) is 5.73 Å². The summed E-state index contributed by atoms with van der Waals surface area (Å²) < 4.78 is 1.04. The molecule has 0 fully saturated rings. The molecule has 6 nitrogen and oxygen atoms in total. The van der Waals surface area contributed by atoms with Gasteiger partial charge < -0.3 is 10.6 Å². The van der Waals surface area contributed by atoms with Crippen LogP contribution in [0.1, 0.15) is 0 Å². The van der Waals surface area contributed by atoms with Crippen molar-refractivity contribution in [2.24, 2.45) is 0 Å². The van der Waals surface area contributed by atoms with Crippen LogP contribution in [0.15, 0.2) is 16.9 Å². The highest BCUT2D eigenvalue weighted by atomic mass is 16.2. The maximum absolute atomic E-state index is 11.3. The van der Waals surface area contributed by atoms with E-state index in [9.17, 15) is 9.59 Å². The van der Waals surface area contributed by atoms with Crippen LogP contribution < -0.4 is 11.3 Å². The number of aromatic nitrogens is 2. The lowest BCUT2D eigenvalue weighted by Crippen LogP contribution is -2.32. The number of nitrogens with two attached hydrogens (primary N) is 1. The molecular weight excluding hydrogens is 184 g/mol. The van der Waals surface area contributed by atoms with Gasteiger partial charge in [-0.05, 0) is 6.07 Å². The van der Waals surface area contributed by atoms with Gasteiger partial charge in [0.05, 0.1) is 0 Å². The maximum Gasteiger partial charge on any atom is 0.267 e. The molecule has 0 atom stereocenters. The van der Waals surface area contributed by atoms with Crippen molar-refractivity contribution in [1.82, 2.24) is 14.7 Å². The predicted octanol–water partition coefficient (Wildman–Crippen LogP) is -1.09. The Labute approximate surface area is 80.9 Å². The summed E-state index contributed by atoms with van der Waals surface area (Å²) in [6.07, 6.45) is 0. The van der Waals surface area contributed by atoms with Crippen LogP contribution in [0, 0.1) is 0 Å². The second kappa shape index (κ2) is 3.91. The number of carbonyl (C=O) groups is 1. The highest BCUT2D eigenvalue weighted by Crippen LogP contribution is 1.90. The Balaban J connectivity index is 2.92. The van der Waals surface area contributed by atoms with Gasteiger partial charge >= 0.3 is 0 Å². The molecule has 1 aromatic heterocycles. The first-order valence-corrected chi connectivity index (χ1v) is 4.04. The largest absolute Gasteiger partial charge is 0.382 e. The summed E-state index contributed by atoms with van der Waals surface area (Å²) >= 11 is 0. The van der Waals surface area contributed by atoms with Gasteiger partial charge in [0.2, 0.25) is 5.91 Å².